The second kappa shape index (κ2) is 0.747. The van der Waals surface area contributed by atoms with Crippen LogP contribution in [-0.2, 0) is 0 Å². The first kappa shape index (κ1) is 4.28. The van der Waals surface area contributed by atoms with Gasteiger partial charge in [0.05, 0.1) is 0 Å². The van der Waals surface area contributed by atoms with Crippen LogP contribution in [0.15, 0.2) is 11.1 Å². The molecule has 0 amide bonds. The first-order valence-electron chi connectivity index (χ1n) is 5.48. The first-order chi connectivity index (χ1) is 5.97. The zero-order valence-electron chi connectivity index (χ0n) is 6.62. The molecule has 7 rings (SSSR count). The molecule has 12 heavy (non-hydrogen) atoms. The van der Waals surface area contributed by atoms with Crippen molar-refractivity contribution in [3.63, 3.8) is 0 Å². The normalized spacial score (nSPS) is 96.0. The van der Waals surface area contributed by atoms with Crippen LogP contribution in [0.3, 0.4) is 0 Å². The SMILES string of the molecule is N1C2C3C4C5=C6C3C3C6C1C53C24. The molecule has 1 N–H and O–H groups in total. The van der Waals surface area contributed by atoms with Gasteiger partial charge in [0.1, 0.15) is 0 Å². The fraction of sp³-hybridized carbons (Fsp3) is 0.818. The highest BCUT2D eigenvalue weighted by Crippen LogP contribution is 3.01. The average Bonchev–Trinajstić information content (AvgIpc) is 2.35. The molecule has 1 heteroatoms. The van der Waals surface area contributed by atoms with E-state index in [0.717, 1.165) is 41.2 Å². The summed E-state index contributed by atoms with van der Waals surface area (Å²) >= 11 is 0. The highest BCUT2D eigenvalue weighted by molar-refractivity contribution is 5.73. The Morgan fingerprint density at radius 1 is 1.08 bits per heavy atom. The third-order valence-electron chi connectivity index (χ3n) is 6.97. The molecule has 0 aromatic heterocycles. The lowest BCUT2D eigenvalue weighted by molar-refractivity contribution is -0.247. The van der Waals surface area contributed by atoms with Crippen molar-refractivity contribution in [2.24, 2.45) is 40.9 Å². The van der Waals surface area contributed by atoms with Gasteiger partial charge in [-0.25, -0.2) is 0 Å². The van der Waals surface area contributed by atoms with E-state index in [0.29, 0.717) is 0 Å². The van der Waals surface area contributed by atoms with E-state index in [1.165, 1.54) is 11.8 Å². The number of hydrogen-bond acceptors (Lipinski definition) is 1. The summed E-state index contributed by atoms with van der Waals surface area (Å²) in [6.45, 7) is 0. The molecule has 9 atom stereocenters. The van der Waals surface area contributed by atoms with Crippen LogP contribution in [0.25, 0.3) is 0 Å². The lowest BCUT2D eigenvalue weighted by Crippen LogP contribution is -2.79. The van der Waals surface area contributed by atoms with Crippen molar-refractivity contribution in [3.8, 4) is 0 Å². The first-order valence-corrected chi connectivity index (χ1v) is 5.48. The van der Waals surface area contributed by atoms with Gasteiger partial charge in [0.15, 0.2) is 0 Å². The van der Waals surface area contributed by atoms with Crippen molar-refractivity contribution in [2.45, 2.75) is 12.1 Å². The van der Waals surface area contributed by atoms with Crippen molar-refractivity contribution >= 4 is 0 Å². The molecular weight excluding hydrogens is 146 g/mol. The van der Waals surface area contributed by atoms with E-state index in [-0.39, 0.29) is 0 Å². The maximum Gasteiger partial charge on any atom is 0.0239 e. The molecule has 1 saturated heterocycles. The van der Waals surface area contributed by atoms with Crippen LogP contribution in [-0.4, -0.2) is 12.1 Å². The molecule has 4 saturated carbocycles. The van der Waals surface area contributed by atoms with E-state index >= 15 is 0 Å². The van der Waals surface area contributed by atoms with E-state index in [4.69, 9.17) is 0 Å². The topological polar surface area (TPSA) is 12.0 Å². The predicted molar refractivity (Wildman–Crippen MR) is 41.1 cm³/mol. The Morgan fingerprint density at radius 3 is 3.00 bits per heavy atom. The van der Waals surface area contributed by atoms with Crippen LogP contribution in [0.5, 0.6) is 0 Å². The summed E-state index contributed by atoms with van der Waals surface area (Å²) in [5.74, 6) is 6.90. The highest BCUT2D eigenvalue weighted by Gasteiger charge is 3.01. The second-order valence-corrected chi connectivity index (χ2v) is 6.18. The molecule has 58 valence electrons. The zero-order chi connectivity index (χ0) is 6.98. The summed E-state index contributed by atoms with van der Waals surface area (Å²) in [7, 11) is 0. The van der Waals surface area contributed by atoms with Crippen LogP contribution >= 0.6 is 0 Å². The Labute approximate surface area is 70.2 Å². The Balaban J connectivity index is 1.90. The standard InChI is InChI=1S/C11H9N/c12-9-3-1-2-5-7(1)11(10(5)12)6(2)4(3)8(9)11/h1,3-5,7-10,12H. The van der Waals surface area contributed by atoms with Gasteiger partial charge >= 0.3 is 0 Å². The van der Waals surface area contributed by atoms with Gasteiger partial charge in [-0.15, -0.1) is 0 Å². The van der Waals surface area contributed by atoms with Crippen molar-refractivity contribution in [1.29, 1.82) is 0 Å². The van der Waals surface area contributed by atoms with Gasteiger partial charge in [-0.05, 0) is 29.6 Å². The van der Waals surface area contributed by atoms with Gasteiger partial charge in [-0.3, -0.25) is 0 Å². The van der Waals surface area contributed by atoms with Crippen molar-refractivity contribution in [2.75, 3.05) is 0 Å². The molecular formula is C11H9N. The molecule has 5 fully saturated rings. The maximum atomic E-state index is 3.93. The van der Waals surface area contributed by atoms with Gasteiger partial charge < -0.3 is 5.32 Å². The van der Waals surface area contributed by atoms with E-state index in [1.807, 2.05) is 11.1 Å². The van der Waals surface area contributed by atoms with Gasteiger partial charge in [0.2, 0.25) is 0 Å². The summed E-state index contributed by atoms with van der Waals surface area (Å²) in [6, 6.07) is 2.00. The maximum absolute atomic E-state index is 3.93. The number of hydrogen-bond donors (Lipinski definition) is 1. The van der Waals surface area contributed by atoms with Crippen molar-refractivity contribution in [1.82, 2.24) is 5.32 Å². The molecule has 0 aromatic carbocycles. The minimum atomic E-state index is 0.856. The van der Waals surface area contributed by atoms with Crippen LogP contribution < -0.4 is 5.32 Å². The molecule has 0 aromatic rings. The molecule has 4 bridgehead atoms. The third kappa shape index (κ3) is 0.128. The van der Waals surface area contributed by atoms with Crippen LogP contribution in [0.4, 0.5) is 0 Å². The molecule has 6 aliphatic carbocycles. The van der Waals surface area contributed by atoms with Gasteiger partial charge in [0, 0.05) is 23.4 Å². The zero-order valence-corrected chi connectivity index (χ0v) is 6.62. The average molecular weight is 155 g/mol. The fourth-order valence-corrected chi connectivity index (χ4v) is 7.33. The fourth-order valence-electron chi connectivity index (χ4n) is 7.33. The van der Waals surface area contributed by atoms with E-state index in [1.54, 1.807) is 0 Å². The lowest BCUT2D eigenvalue weighted by atomic mass is 9.23. The molecule has 1 heterocycles. The smallest absolute Gasteiger partial charge is 0.0239 e. The van der Waals surface area contributed by atoms with E-state index in [9.17, 15) is 0 Å². The van der Waals surface area contributed by atoms with Crippen molar-refractivity contribution < 1.29 is 0 Å². The number of fused-ring (bicyclic) bond motifs is 2. The molecule has 1 aliphatic heterocycles. The Morgan fingerprint density at radius 2 is 2.08 bits per heavy atom. The molecule has 1 nitrogen and oxygen atoms in total. The van der Waals surface area contributed by atoms with Crippen molar-refractivity contribution in [3.05, 3.63) is 11.1 Å². The Kier molecular flexibility index (Phi) is 0.266. The van der Waals surface area contributed by atoms with Crippen LogP contribution in [0.2, 0.25) is 0 Å². The van der Waals surface area contributed by atoms with E-state index < -0.39 is 0 Å². The summed E-state index contributed by atoms with van der Waals surface area (Å²) in [6.07, 6.45) is 0. The van der Waals surface area contributed by atoms with Gasteiger partial charge in [0.25, 0.3) is 0 Å². The predicted octanol–water partition coefficient (Wildman–Crippen LogP) is 0.389. The third-order valence-corrected chi connectivity index (χ3v) is 6.97. The van der Waals surface area contributed by atoms with Crippen LogP contribution in [0.1, 0.15) is 0 Å². The van der Waals surface area contributed by atoms with E-state index in [2.05, 4.69) is 5.32 Å². The Bertz CT molecular complexity index is 438. The second-order valence-electron chi connectivity index (χ2n) is 6.18. The van der Waals surface area contributed by atoms with Gasteiger partial charge in [-0.1, -0.05) is 11.1 Å². The summed E-state index contributed by atoms with van der Waals surface area (Å²) in [4.78, 5) is 0. The minimum absolute atomic E-state index is 0.856. The molecule has 0 radical (unpaired) electrons. The molecule has 1 spiro atoms. The highest BCUT2D eigenvalue weighted by atomic mass is 15.2. The lowest BCUT2D eigenvalue weighted by Gasteiger charge is -2.78. The summed E-state index contributed by atoms with van der Waals surface area (Å²) < 4.78 is 0. The largest absolute Gasteiger partial charge is 0.309 e. The summed E-state index contributed by atoms with van der Waals surface area (Å²) in [5.41, 5.74) is 4.92. The molecule has 9 unspecified atom stereocenters. The summed E-state index contributed by atoms with van der Waals surface area (Å²) in [5, 5.41) is 3.93. The number of nitrogens with one attached hydrogen (secondary N) is 1. The van der Waals surface area contributed by atoms with Crippen LogP contribution in [0, 0.1) is 40.9 Å². The minimum Gasteiger partial charge on any atom is -0.309 e. The Hall–Kier alpha value is -0.300. The number of rotatable bonds is 0. The van der Waals surface area contributed by atoms with Gasteiger partial charge in [-0.2, -0.15) is 0 Å². The monoisotopic (exact) mass is 155 g/mol. The molecule has 7 aliphatic rings. The quantitative estimate of drug-likeness (QED) is 0.499.